The molecule has 82 valence electrons. The highest BCUT2D eigenvalue weighted by Gasteiger charge is 2.19. The van der Waals surface area contributed by atoms with E-state index in [4.69, 9.17) is 0 Å². The molecule has 2 aromatic rings. The van der Waals surface area contributed by atoms with Crippen LogP contribution in [0.4, 0.5) is 8.78 Å². The molecule has 0 aliphatic carbocycles. The lowest BCUT2D eigenvalue weighted by atomic mass is 10.1. The summed E-state index contributed by atoms with van der Waals surface area (Å²) in [6.07, 6.45) is 1.20. The first-order valence-corrected chi connectivity index (χ1v) is 4.44. The van der Waals surface area contributed by atoms with Gasteiger partial charge < -0.3 is 0 Å². The highest BCUT2D eigenvalue weighted by molar-refractivity contribution is 6.07. The van der Waals surface area contributed by atoms with Gasteiger partial charge in [0.05, 0.1) is 11.8 Å². The molecule has 1 aromatic carbocycles. The zero-order valence-corrected chi connectivity index (χ0v) is 8.32. The Morgan fingerprint density at radius 1 is 1.38 bits per heavy atom. The van der Waals surface area contributed by atoms with Crippen LogP contribution in [0.2, 0.25) is 0 Å². The largest absolute Gasteiger partial charge is 0.287 e. The van der Waals surface area contributed by atoms with E-state index in [0.717, 1.165) is 6.07 Å². The topological polar surface area (TPSA) is 47.8 Å². The highest BCUT2D eigenvalue weighted by atomic mass is 19.2. The molecule has 1 aromatic heterocycles. The second kappa shape index (κ2) is 3.80. The summed E-state index contributed by atoms with van der Waals surface area (Å²) in [4.78, 5) is 11.8. The zero-order chi connectivity index (χ0) is 11.7. The summed E-state index contributed by atoms with van der Waals surface area (Å²) in [5.74, 6) is -2.86. The van der Waals surface area contributed by atoms with E-state index in [0.29, 0.717) is 0 Å². The van der Waals surface area contributed by atoms with Gasteiger partial charge in [0.15, 0.2) is 11.6 Å². The molecule has 0 fully saturated rings. The maximum atomic E-state index is 13.3. The van der Waals surface area contributed by atoms with Crippen molar-refractivity contribution in [2.24, 2.45) is 7.05 Å². The first kappa shape index (κ1) is 10.4. The molecule has 0 amide bonds. The first-order chi connectivity index (χ1) is 7.61. The molecule has 0 radical (unpaired) electrons. The fourth-order valence-electron chi connectivity index (χ4n) is 1.31. The summed E-state index contributed by atoms with van der Waals surface area (Å²) >= 11 is 0. The minimum absolute atomic E-state index is 0.101. The molecule has 0 saturated heterocycles. The van der Waals surface area contributed by atoms with Gasteiger partial charge in [-0.3, -0.25) is 4.79 Å². The Morgan fingerprint density at radius 3 is 2.75 bits per heavy atom. The lowest BCUT2D eigenvalue weighted by Gasteiger charge is -2.02. The summed E-state index contributed by atoms with van der Waals surface area (Å²) in [6, 6.07) is 3.44. The quantitative estimate of drug-likeness (QED) is 0.721. The van der Waals surface area contributed by atoms with Crippen LogP contribution in [-0.4, -0.2) is 20.8 Å². The highest BCUT2D eigenvalue weighted by Crippen LogP contribution is 2.15. The van der Waals surface area contributed by atoms with Crippen molar-refractivity contribution in [2.75, 3.05) is 0 Å². The van der Waals surface area contributed by atoms with Gasteiger partial charge in [0.1, 0.15) is 5.69 Å². The van der Waals surface area contributed by atoms with Crippen molar-refractivity contribution in [3.05, 3.63) is 47.3 Å². The van der Waals surface area contributed by atoms with E-state index in [-0.39, 0.29) is 11.3 Å². The second-order valence-electron chi connectivity index (χ2n) is 3.17. The van der Waals surface area contributed by atoms with Crippen LogP contribution in [-0.2, 0) is 7.05 Å². The van der Waals surface area contributed by atoms with Crippen molar-refractivity contribution in [2.45, 2.75) is 0 Å². The summed E-state index contributed by atoms with van der Waals surface area (Å²) in [5.41, 5.74) is -0.227. The van der Waals surface area contributed by atoms with Crippen molar-refractivity contribution < 1.29 is 13.6 Å². The Labute approximate surface area is 89.5 Å². The maximum Gasteiger partial charge on any atom is 0.215 e. The van der Waals surface area contributed by atoms with E-state index in [1.807, 2.05) is 0 Å². The number of aryl methyl sites for hydroxylation is 1. The van der Waals surface area contributed by atoms with Crippen molar-refractivity contribution in [1.29, 1.82) is 0 Å². The zero-order valence-electron chi connectivity index (χ0n) is 8.32. The van der Waals surface area contributed by atoms with Gasteiger partial charge in [-0.2, -0.15) is 0 Å². The van der Waals surface area contributed by atoms with Crippen LogP contribution in [0.5, 0.6) is 0 Å². The van der Waals surface area contributed by atoms with Crippen LogP contribution in [0.25, 0.3) is 0 Å². The number of carbonyl (C=O) groups excluding carboxylic acids is 1. The molecule has 0 bridgehead atoms. The van der Waals surface area contributed by atoms with Crippen molar-refractivity contribution in [1.82, 2.24) is 15.0 Å². The van der Waals surface area contributed by atoms with E-state index in [9.17, 15) is 13.6 Å². The molecule has 0 N–H and O–H groups in total. The van der Waals surface area contributed by atoms with Crippen LogP contribution in [0.1, 0.15) is 16.1 Å². The number of aromatic nitrogens is 3. The third-order valence-corrected chi connectivity index (χ3v) is 2.14. The Morgan fingerprint density at radius 2 is 2.12 bits per heavy atom. The molecule has 2 rings (SSSR count). The third-order valence-electron chi connectivity index (χ3n) is 2.14. The molecule has 6 heteroatoms. The van der Waals surface area contributed by atoms with Crippen molar-refractivity contribution >= 4 is 5.78 Å². The third kappa shape index (κ3) is 1.58. The molecular formula is C10H7F2N3O. The molecular weight excluding hydrogens is 216 g/mol. The van der Waals surface area contributed by atoms with Gasteiger partial charge in [-0.1, -0.05) is 11.3 Å². The summed E-state index contributed by atoms with van der Waals surface area (Å²) in [7, 11) is 1.50. The molecule has 0 unspecified atom stereocenters. The number of benzene rings is 1. The van der Waals surface area contributed by atoms with Gasteiger partial charge >= 0.3 is 0 Å². The van der Waals surface area contributed by atoms with Gasteiger partial charge in [-0.25, -0.2) is 13.5 Å². The Balaban J connectivity index is 2.50. The standard InChI is InChI=1S/C10H7F2N3O/c1-15-8(5-13-14-15)10(16)6-3-2-4-7(11)9(6)12/h2-5H,1H3. The molecule has 0 aliphatic heterocycles. The number of rotatable bonds is 2. The molecule has 0 saturated carbocycles. The molecule has 0 aliphatic rings. The van der Waals surface area contributed by atoms with Crippen LogP contribution in [0.3, 0.4) is 0 Å². The number of ketones is 1. The van der Waals surface area contributed by atoms with Crippen molar-refractivity contribution in [3.63, 3.8) is 0 Å². The molecule has 1 heterocycles. The van der Waals surface area contributed by atoms with Gasteiger partial charge in [0.2, 0.25) is 5.78 Å². The predicted octanol–water partition coefficient (Wildman–Crippen LogP) is 1.32. The number of halogens is 2. The first-order valence-electron chi connectivity index (χ1n) is 4.44. The maximum absolute atomic E-state index is 13.3. The lowest BCUT2D eigenvalue weighted by Crippen LogP contribution is -2.10. The average Bonchev–Trinajstić information content (AvgIpc) is 2.68. The van der Waals surface area contributed by atoms with Crippen LogP contribution < -0.4 is 0 Å². The Bertz CT molecular complexity index is 551. The van der Waals surface area contributed by atoms with Crippen molar-refractivity contribution in [3.8, 4) is 0 Å². The number of hydrogen-bond acceptors (Lipinski definition) is 3. The molecule has 16 heavy (non-hydrogen) atoms. The van der Waals surface area contributed by atoms with E-state index in [1.54, 1.807) is 0 Å². The minimum atomic E-state index is -1.16. The average molecular weight is 223 g/mol. The lowest BCUT2D eigenvalue weighted by molar-refractivity contribution is 0.102. The smallest absolute Gasteiger partial charge is 0.215 e. The van der Waals surface area contributed by atoms with Crippen LogP contribution in [0.15, 0.2) is 24.4 Å². The summed E-state index contributed by atoms with van der Waals surface area (Å²) in [5, 5.41) is 7.04. The number of carbonyl (C=O) groups is 1. The molecule has 0 atom stereocenters. The fraction of sp³-hybridized carbons (Fsp3) is 0.100. The summed E-state index contributed by atoms with van der Waals surface area (Å²) < 4.78 is 27.4. The van der Waals surface area contributed by atoms with E-state index in [2.05, 4.69) is 10.3 Å². The minimum Gasteiger partial charge on any atom is -0.287 e. The Kier molecular flexibility index (Phi) is 2.47. The second-order valence-corrected chi connectivity index (χ2v) is 3.17. The SMILES string of the molecule is Cn1nncc1C(=O)c1cccc(F)c1F. The predicted molar refractivity (Wildman–Crippen MR) is 50.8 cm³/mol. The van der Waals surface area contributed by atoms with E-state index < -0.39 is 17.4 Å². The monoisotopic (exact) mass is 223 g/mol. The van der Waals surface area contributed by atoms with E-state index in [1.165, 1.54) is 30.1 Å². The molecule has 0 spiro atoms. The van der Waals surface area contributed by atoms with Gasteiger partial charge in [0, 0.05) is 7.05 Å². The number of hydrogen-bond donors (Lipinski definition) is 0. The fourth-order valence-corrected chi connectivity index (χ4v) is 1.31. The van der Waals surface area contributed by atoms with Gasteiger partial charge in [-0.15, -0.1) is 5.10 Å². The number of nitrogens with zero attached hydrogens (tertiary/aromatic N) is 3. The van der Waals surface area contributed by atoms with Gasteiger partial charge in [0.25, 0.3) is 0 Å². The van der Waals surface area contributed by atoms with Crippen LogP contribution in [0, 0.1) is 11.6 Å². The van der Waals surface area contributed by atoms with Gasteiger partial charge in [-0.05, 0) is 12.1 Å². The summed E-state index contributed by atoms with van der Waals surface area (Å²) in [6.45, 7) is 0. The van der Waals surface area contributed by atoms with E-state index >= 15 is 0 Å². The Hall–Kier alpha value is -2.11. The molecule has 4 nitrogen and oxygen atoms in total. The normalized spacial score (nSPS) is 10.4. The van der Waals surface area contributed by atoms with Crippen LogP contribution >= 0.6 is 0 Å².